The monoisotopic (exact) mass is 255 g/mol. The molecule has 0 fully saturated rings. The zero-order chi connectivity index (χ0) is 13.4. The van der Waals surface area contributed by atoms with Crippen molar-refractivity contribution in [2.75, 3.05) is 24.7 Å². The lowest BCUT2D eigenvalue weighted by Gasteiger charge is -2.11. The third kappa shape index (κ3) is 1.95. The molecule has 2 aromatic heterocycles. The number of nitrogens with two attached hydrogens (primary N) is 1. The van der Waals surface area contributed by atoms with Gasteiger partial charge in [-0.15, -0.1) is 0 Å². The van der Waals surface area contributed by atoms with Crippen LogP contribution in [0.3, 0.4) is 0 Å². The average Bonchev–Trinajstić information content (AvgIpc) is 2.81. The van der Waals surface area contributed by atoms with E-state index in [1.54, 1.807) is 15.8 Å². The first kappa shape index (κ1) is 11.4. The predicted molar refractivity (Wildman–Crippen MR) is 73.2 cm³/mol. The topological polar surface area (TPSA) is 85.8 Å². The fraction of sp³-hybridized carbons (Fsp3) is 0.167. The van der Waals surface area contributed by atoms with Crippen LogP contribution in [0, 0.1) is 0 Å². The number of aromatic nitrogens is 5. The number of hydrogen-bond acceptors (Lipinski definition) is 6. The largest absolute Gasteiger partial charge is 0.368 e. The van der Waals surface area contributed by atoms with Crippen molar-refractivity contribution in [3.8, 4) is 5.95 Å². The van der Waals surface area contributed by atoms with E-state index in [9.17, 15) is 0 Å². The lowest BCUT2D eigenvalue weighted by Crippen LogP contribution is -2.16. The molecule has 0 aliphatic rings. The Morgan fingerprint density at radius 2 is 1.89 bits per heavy atom. The van der Waals surface area contributed by atoms with Crippen molar-refractivity contribution in [2.24, 2.45) is 0 Å². The minimum atomic E-state index is 0.187. The summed E-state index contributed by atoms with van der Waals surface area (Å²) < 4.78 is 1.79. The van der Waals surface area contributed by atoms with E-state index in [0.29, 0.717) is 11.9 Å². The van der Waals surface area contributed by atoms with Gasteiger partial charge < -0.3 is 10.6 Å². The van der Waals surface area contributed by atoms with Crippen molar-refractivity contribution in [1.29, 1.82) is 0 Å². The fourth-order valence-corrected chi connectivity index (χ4v) is 1.80. The van der Waals surface area contributed by atoms with Gasteiger partial charge in [0.25, 0.3) is 0 Å². The van der Waals surface area contributed by atoms with Crippen molar-refractivity contribution >= 4 is 22.9 Å². The zero-order valence-electron chi connectivity index (χ0n) is 10.6. The number of nitrogen functional groups attached to an aromatic ring is 1. The van der Waals surface area contributed by atoms with Crippen molar-refractivity contribution in [3.63, 3.8) is 0 Å². The number of benzene rings is 1. The van der Waals surface area contributed by atoms with E-state index < -0.39 is 0 Å². The highest BCUT2D eigenvalue weighted by atomic mass is 15.3. The van der Waals surface area contributed by atoms with Crippen LogP contribution in [0.4, 0.5) is 11.9 Å². The maximum Gasteiger partial charge on any atom is 0.242 e. The Labute approximate surface area is 109 Å². The van der Waals surface area contributed by atoms with E-state index in [2.05, 4.69) is 19.9 Å². The van der Waals surface area contributed by atoms with Crippen LogP contribution >= 0.6 is 0 Å². The van der Waals surface area contributed by atoms with Crippen LogP contribution in [-0.2, 0) is 0 Å². The molecule has 0 aliphatic carbocycles. The second-order valence-corrected chi connectivity index (χ2v) is 4.29. The molecule has 0 aliphatic heterocycles. The third-order valence-corrected chi connectivity index (χ3v) is 2.70. The second-order valence-electron chi connectivity index (χ2n) is 4.29. The van der Waals surface area contributed by atoms with Gasteiger partial charge >= 0.3 is 0 Å². The molecular formula is C12H13N7. The predicted octanol–water partition coefficient (Wildman–Crippen LogP) is 0.859. The first-order valence-corrected chi connectivity index (χ1v) is 5.76. The summed E-state index contributed by atoms with van der Waals surface area (Å²) >= 11 is 0. The van der Waals surface area contributed by atoms with Crippen LogP contribution in [0.25, 0.3) is 17.0 Å². The van der Waals surface area contributed by atoms with Gasteiger partial charge in [0.2, 0.25) is 17.8 Å². The molecule has 0 amide bonds. The molecule has 7 heteroatoms. The number of imidazole rings is 1. The number of fused-ring (bicyclic) bond motifs is 1. The quantitative estimate of drug-likeness (QED) is 0.731. The van der Waals surface area contributed by atoms with Crippen molar-refractivity contribution < 1.29 is 0 Å². The smallest absolute Gasteiger partial charge is 0.242 e. The molecule has 7 nitrogen and oxygen atoms in total. The van der Waals surface area contributed by atoms with Crippen molar-refractivity contribution in [3.05, 3.63) is 30.6 Å². The summed E-state index contributed by atoms with van der Waals surface area (Å²) in [4.78, 5) is 18.7. The second kappa shape index (κ2) is 4.20. The molecule has 0 bridgehead atoms. The number of rotatable bonds is 2. The van der Waals surface area contributed by atoms with Crippen LogP contribution in [0.1, 0.15) is 0 Å². The molecule has 0 radical (unpaired) electrons. The molecule has 0 saturated carbocycles. The number of anilines is 2. The molecule has 3 aromatic rings. The van der Waals surface area contributed by atoms with Crippen LogP contribution in [0.5, 0.6) is 0 Å². The van der Waals surface area contributed by atoms with Gasteiger partial charge in [0, 0.05) is 14.1 Å². The van der Waals surface area contributed by atoms with E-state index in [4.69, 9.17) is 5.73 Å². The molecule has 0 unspecified atom stereocenters. The molecular weight excluding hydrogens is 242 g/mol. The van der Waals surface area contributed by atoms with E-state index in [0.717, 1.165) is 11.0 Å². The van der Waals surface area contributed by atoms with E-state index >= 15 is 0 Å². The Morgan fingerprint density at radius 3 is 2.68 bits per heavy atom. The standard InChI is InChI=1S/C12H13N7/c1-18(2)11-15-10(13)16-12(17-11)19-7-14-8-5-3-4-6-9(8)19/h3-7H,1-2H3,(H2,13,15,16,17). The minimum Gasteiger partial charge on any atom is -0.368 e. The summed E-state index contributed by atoms with van der Waals surface area (Å²) in [5.41, 5.74) is 7.54. The minimum absolute atomic E-state index is 0.187. The van der Waals surface area contributed by atoms with E-state index in [-0.39, 0.29) is 5.95 Å². The number of nitrogens with zero attached hydrogens (tertiary/aromatic N) is 6. The van der Waals surface area contributed by atoms with Gasteiger partial charge in [0.15, 0.2) is 0 Å². The van der Waals surface area contributed by atoms with Gasteiger partial charge in [-0.1, -0.05) is 12.1 Å². The molecule has 96 valence electrons. The Balaban J connectivity index is 2.21. The van der Waals surface area contributed by atoms with Crippen LogP contribution in [-0.4, -0.2) is 38.6 Å². The van der Waals surface area contributed by atoms with Gasteiger partial charge in [-0.25, -0.2) is 4.98 Å². The maximum absolute atomic E-state index is 5.72. The molecule has 19 heavy (non-hydrogen) atoms. The highest BCUT2D eigenvalue weighted by Gasteiger charge is 2.10. The molecule has 3 rings (SSSR count). The highest BCUT2D eigenvalue weighted by molar-refractivity contribution is 5.76. The van der Waals surface area contributed by atoms with Gasteiger partial charge in [-0.05, 0) is 12.1 Å². The lowest BCUT2D eigenvalue weighted by molar-refractivity contribution is 0.891. The molecule has 0 saturated heterocycles. The summed E-state index contributed by atoms with van der Waals surface area (Å²) in [6, 6.07) is 7.77. The maximum atomic E-state index is 5.72. The van der Waals surface area contributed by atoms with Gasteiger partial charge in [-0.3, -0.25) is 4.57 Å². The number of hydrogen-bond donors (Lipinski definition) is 1. The highest BCUT2D eigenvalue weighted by Crippen LogP contribution is 2.16. The SMILES string of the molecule is CN(C)c1nc(N)nc(-n2cnc3ccccc32)n1. The van der Waals surface area contributed by atoms with Crippen LogP contribution < -0.4 is 10.6 Å². The Hall–Kier alpha value is -2.70. The Morgan fingerprint density at radius 1 is 1.11 bits per heavy atom. The third-order valence-electron chi connectivity index (χ3n) is 2.70. The van der Waals surface area contributed by atoms with Gasteiger partial charge in [0.1, 0.15) is 6.33 Å². The number of para-hydroxylation sites is 2. The van der Waals surface area contributed by atoms with Crippen LogP contribution in [0.15, 0.2) is 30.6 Å². The molecule has 2 N–H and O–H groups in total. The van der Waals surface area contributed by atoms with Crippen molar-refractivity contribution in [2.45, 2.75) is 0 Å². The summed E-state index contributed by atoms with van der Waals surface area (Å²) in [7, 11) is 3.70. The van der Waals surface area contributed by atoms with E-state index in [1.165, 1.54) is 0 Å². The molecule has 2 heterocycles. The lowest BCUT2D eigenvalue weighted by atomic mass is 10.3. The van der Waals surface area contributed by atoms with Gasteiger partial charge in [-0.2, -0.15) is 15.0 Å². The van der Waals surface area contributed by atoms with Crippen LogP contribution in [0.2, 0.25) is 0 Å². The summed E-state index contributed by atoms with van der Waals surface area (Å²) in [5, 5.41) is 0. The zero-order valence-corrected chi connectivity index (χ0v) is 10.6. The summed E-state index contributed by atoms with van der Waals surface area (Å²) in [6.45, 7) is 0. The molecule has 1 aromatic carbocycles. The van der Waals surface area contributed by atoms with Crippen molar-refractivity contribution in [1.82, 2.24) is 24.5 Å². The Bertz CT molecular complexity index is 732. The fourth-order valence-electron chi connectivity index (χ4n) is 1.80. The Kier molecular flexibility index (Phi) is 2.52. The average molecular weight is 255 g/mol. The summed E-state index contributed by atoms with van der Waals surface area (Å²) in [5.74, 6) is 1.16. The normalized spacial score (nSPS) is 10.8. The first-order chi connectivity index (χ1) is 9.15. The molecule has 0 atom stereocenters. The first-order valence-electron chi connectivity index (χ1n) is 5.76. The summed E-state index contributed by atoms with van der Waals surface area (Å²) in [6.07, 6.45) is 1.68. The van der Waals surface area contributed by atoms with E-state index in [1.807, 2.05) is 38.4 Å². The molecule has 0 spiro atoms. The van der Waals surface area contributed by atoms with Gasteiger partial charge in [0.05, 0.1) is 11.0 Å².